The summed E-state index contributed by atoms with van der Waals surface area (Å²) < 4.78 is 2.05. The number of pyridine rings is 1. The summed E-state index contributed by atoms with van der Waals surface area (Å²) in [6, 6.07) is 16.6. The number of fused-ring (bicyclic) bond motifs is 1. The van der Waals surface area contributed by atoms with Gasteiger partial charge in [0.2, 0.25) is 0 Å². The summed E-state index contributed by atoms with van der Waals surface area (Å²) in [5.41, 5.74) is 3.39. The molecule has 0 aliphatic carbocycles. The minimum Gasteiger partial charge on any atom is -0.356 e. The van der Waals surface area contributed by atoms with E-state index < -0.39 is 0 Å². The molecular formula is C21H27N5. The number of hydrogen-bond donors (Lipinski definition) is 2. The zero-order valence-corrected chi connectivity index (χ0v) is 15.7. The quantitative estimate of drug-likeness (QED) is 0.531. The van der Waals surface area contributed by atoms with Crippen LogP contribution in [0.5, 0.6) is 0 Å². The van der Waals surface area contributed by atoms with Crippen molar-refractivity contribution in [1.82, 2.24) is 20.0 Å². The van der Waals surface area contributed by atoms with E-state index in [1.165, 1.54) is 5.56 Å². The molecule has 136 valence electrons. The van der Waals surface area contributed by atoms with Crippen molar-refractivity contribution in [3.63, 3.8) is 0 Å². The number of benzene rings is 1. The summed E-state index contributed by atoms with van der Waals surface area (Å²) in [7, 11) is 1.80. The van der Waals surface area contributed by atoms with Crippen molar-refractivity contribution in [3.05, 3.63) is 72.2 Å². The van der Waals surface area contributed by atoms with Crippen molar-refractivity contribution >= 4 is 11.6 Å². The molecule has 0 aliphatic heterocycles. The molecule has 1 aromatic carbocycles. The number of hydrogen-bond acceptors (Lipinski definition) is 2. The zero-order valence-electron chi connectivity index (χ0n) is 15.7. The molecule has 3 rings (SSSR count). The van der Waals surface area contributed by atoms with Crippen LogP contribution in [0, 0.1) is 0 Å². The van der Waals surface area contributed by atoms with E-state index in [4.69, 9.17) is 0 Å². The molecule has 0 spiro atoms. The van der Waals surface area contributed by atoms with Crippen LogP contribution in [-0.4, -0.2) is 35.5 Å². The van der Waals surface area contributed by atoms with Gasteiger partial charge in [-0.25, -0.2) is 4.98 Å². The molecule has 0 bridgehead atoms. The van der Waals surface area contributed by atoms with Crippen LogP contribution in [0.1, 0.15) is 25.1 Å². The van der Waals surface area contributed by atoms with Gasteiger partial charge in [0.15, 0.2) is 5.96 Å². The fourth-order valence-electron chi connectivity index (χ4n) is 2.93. The van der Waals surface area contributed by atoms with E-state index in [-0.39, 0.29) is 5.41 Å². The molecule has 0 fully saturated rings. The maximum atomic E-state index is 4.62. The molecule has 0 aliphatic rings. The number of aromatic nitrogens is 2. The smallest absolute Gasteiger partial charge is 0.191 e. The highest BCUT2D eigenvalue weighted by Gasteiger charge is 2.20. The van der Waals surface area contributed by atoms with Crippen LogP contribution in [0.4, 0.5) is 0 Å². The van der Waals surface area contributed by atoms with Crippen LogP contribution in [0.25, 0.3) is 5.65 Å². The number of nitrogens with zero attached hydrogens (tertiary/aromatic N) is 3. The van der Waals surface area contributed by atoms with Crippen molar-refractivity contribution in [1.29, 1.82) is 0 Å². The Labute approximate surface area is 155 Å². The van der Waals surface area contributed by atoms with E-state index in [1.54, 1.807) is 7.05 Å². The summed E-state index contributed by atoms with van der Waals surface area (Å²) in [6.45, 7) is 6.07. The average molecular weight is 349 g/mol. The van der Waals surface area contributed by atoms with Crippen molar-refractivity contribution in [2.45, 2.75) is 25.7 Å². The van der Waals surface area contributed by atoms with Crippen LogP contribution < -0.4 is 10.6 Å². The summed E-state index contributed by atoms with van der Waals surface area (Å²) in [5, 5.41) is 6.81. The van der Waals surface area contributed by atoms with Crippen LogP contribution in [-0.2, 0) is 11.8 Å². The SMILES string of the molecule is CN=C(NCCc1cn2ccccc2n1)NCC(C)(C)c1ccccc1. The van der Waals surface area contributed by atoms with Gasteiger partial charge in [-0.3, -0.25) is 4.99 Å². The van der Waals surface area contributed by atoms with E-state index >= 15 is 0 Å². The summed E-state index contributed by atoms with van der Waals surface area (Å²) in [6.07, 6.45) is 4.95. The molecule has 26 heavy (non-hydrogen) atoms. The first kappa shape index (κ1) is 18.0. The Hall–Kier alpha value is -2.82. The molecule has 2 heterocycles. The fraction of sp³-hybridized carbons (Fsp3) is 0.333. The van der Waals surface area contributed by atoms with Gasteiger partial charge in [0.1, 0.15) is 5.65 Å². The molecule has 0 saturated heterocycles. The zero-order chi connectivity index (χ0) is 18.4. The van der Waals surface area contributed by atoms with Crippen LogP contribution >= 0.6 is 0 Å². The third-order valence-corrected chi connectivity index (χ3v) is 4.56. The third-order valence-electron chi connectivity index (χ3n) is 4.56. The molecule has 0 saturated carbocycles. The Bertz CT molecular complexity index is 831. The van der Waals surface area contributed by atoms with Gasteiger partial charge >= 0.3 is 0 Å². The minimum atomic E-state index is 0.0283. The lowest BCUT2D eigenvalue weighted by molar-refractivity contribution is 0.508. The number of nitrogens with one attached hydrogen (secondary N) is 2. The predicted octanol–water partition coefficient (Wildman–Crippen LogP) is 3.02. The van der Waals surface area contributed by atoms with Gasteiger partial charge in [-0.2, -0.15) is 0 Å². The first-order chi connectivity index (χ1) is 12.6. The first-order valence-corrected chi connectivity index (χ1v) is 9.01. The second-order valence-corrected chi connectivity index (χ2v) is 7.05. The summed E-state index contributed by atoms with van der Waals surface area (Å²) in [5.74, 6) is 0.817. The lowest BCUT2D eigenvalue weighted by atomic mass is 9.85. The Morgan fingerprint density at radius 1 is 1.08 bits per heavy atom. The molecule has 0 radical (unpaired) electrons. The van der Waals surface area contributed by atoms with Crippen LogP contribution in [0.3, 0.4) is 0 Å². The molecule has 5 heteroatoms. The molecule has 0 unspecified atom stereocenters. The highest BCUT2D eigenvalue weighted by atomic mass is 15.2. The standard InChI is InChI=1S/C21H27N5/c1-21(2,17-9-5-4-6-10-17)16-24-20(22-3)23-13-12-18-15-26-14-8-7-11-19(26)25-18/h4-11,14-15H,12-13,16H2,1-3H3,(H2,22,23,24). The van der Waals surface area contributed by atoms with E-state index in [9.17, 15) is 0 Å². The van der Waals surface area contributed by atoms with Crippen LogP contribution in [0.2, 0.25) is 0 Å². The highest BCUT2D eigenvalue weighted by molar-refractivity contribution is 5.79. The lowest BCUT2D eigenvalue weighted by Gasteiger charge is -2.26. The summed E-state index contributed by atoms with van der Waals surface area (Å²) >= 11 is 0. The summed E-state index contributed by atoms with van der Waals surface area (Å²) in [4.78, 5) is 8.95. The number of rotatable bonds is 6. The van der Waals surface area contributed by atoms with Crippen molar-refractivity contribution in [3.8, 4) is 0 Å². The topological polar surface area (TPSA) is 53.7 Å². The highest BCUT2D eigenvalue weighted by Crippen LogP contribution is 2.21. The molecular weight excluding hydrogens is 322 g/mol. The fourth-order valence-corrected chi connectivity index (χ4v) is 2.93. The van der Waals surface area contributed by atoms with Crippen molar-refractivity contribution in [2.24, 2.45) is 4.99 Å². The van der Waals surface area contributed by atoms with Gasteiger partial charge in [-0.05, 0) is 17.7 Å². The number of imidazole rings is 1. The van der Waals surface area contributed by atoms with Gasteiger partial charge in [-0.1, -0.05) is 50.2 Å². The van der Waals surface area contributed by atoms with Crippen molar-refractivity contribution < 1.29 is 0 Å². The predicted molar refractivity (Wildman–Crippen MR) is 108 cm³/mol. The monoisotopic (exact) mass is 349 g/mol. The number of guanidine groups is 1. The van der Waals surface area contributed by atoms with Crippen molar-refractivity contribution in [2.75, 3.05) is 20.1 Å². The lowest BCUT2D eigenvalue weighted by Crippen LogP contribution is -2.44. The maximum Gasteiger partial charge on any atom is 0.191 e. The minimum absolute atomic E-state index is 0.0283. The molecule has 3 aromatic rings. The molecule has 0 amide bonds. The second-order valence-electron chi connectivity index (χ2n) is 7.05. The molecule has 0 atom stereocenters. The van der Waals surface area contributed by atoms with E-state index in [1.807, 2.05) is 34.9 Å². The molecule has 2 N–H and O–H groups in total. The van der Waals surface area contributed by atoms with E-state index in [2.05, 4.69) is 64.9 Å². The Morgan fingerprint density at radius 3 is 2.58 bits per heavy atom. The normalized spacial score (nSPS) is 12.3. The van der Waals surface area contributed by atoms with Gasteiger partial charge in [-0.15, -0.1) is 0 Å². The average Bonchev–Trinajstić information content (AvgIpc) is 3.08. The molecule has 5 nitrogen and oxygen atoms in total. The molecule has 2 aromatic heterocycles. The maximum absolute atomic E-state index is 4.62. The van der Waals surface area contributed by atoms with Gasteiger partial charge in [0.05, 0.1) is 5.69 Å². The van der Waals surface area contributed by atoms with Crippen LogP contribution in [0.15, 0.2) is 65.9 Å². The van der Waals surface area contributed by atoms with Gasteiger partial charge < -0.3 is 15.0 Å². The Kier molecular flexibility index (Phi) is 5.56. The Morgan fingerprint density at radius 2 is 1.85 bits per heavy atom. The Balaban J connectivity index is 1.50. The third kappa shape index (κ3) is 4.42. The van der Waals surface area contributed by atoms with Gasteiger partial charge in [0.25, 0.3) is 0 Å². The van der Waals surface area contributed by atoms with E-state index in [0.717, 1.165) is 36.8 Å². The largest absolute Gasteiger partial charge is 0.356 e. The second kappa shape index (κ2) is 8.04. The first-order valence-electron chi connectivity index (χ1n) is 9.01. The van der Waals surface area contributed by atoms with E-state index in [0.29, 0.717) is 0 Å². The number of aliphatic imine (C=N–C) groups is 1. The van der Waals surface area contributed by atoms with Gasteiger partial charge in [0, 0.05) is 44.4 Å².